The van der Waals surface area contributed by atoms with Gasteiger partial charge in [0, 0.05) is 13.2 Å². The smallest absolute Gasteiger partial charge is 0.328 e. The highest BCUT2D eigenvalue weighted by Crippen LogP contribution is 2.44. The molecule has 18 heavy (non-hydrogen) atoms. The third-order valence-corrected chi connectivity index (χ3v) is 3.48. The fourth-order valence-corrected chi connectivity index (χ4v) is 2.08. The van der Waals surface area contributed by atoms with Crippen LogP contribution in [0.2, 0.25) is 0 Å². The van der Waals surface area contributed by atoms with Crippen LogP contribution >= 0.6 is 0 Å². The second kappa shape index (κ2) is 6.68. The molecule has 1 saturated carbocycles. The molecule has 0 spiro atoms. The summed E-state index contributed by atoms with van der Waals surface area (Å²) in [5, 5.41) is 11.0. The number of hydrogen-bond acceptors (Lipinski definition) is 3. The molecule has 1 aliphatic carbocycles. The zero-order valence-electron chi connectivity index (χ0n) is 10.6. The third kappa shape index (κ3) is 3.41. The van der Waals surface area contributed by atoms with Crippen LogP contribution in [0.3, 0.4) is 0 Å². The van der Waals surface area contributed by atoms with Crippen molar-refractivity contribution in [3.8, 4) is 0 Å². The van der Waals surface area contributed by atoms with Gasteiger partial charge in [0.15, 0.2) is 6.04 Å². The Morgan fingerprint density at radius 3 is 2.56 bits per heavy atom. The topological polar surface area (TPSA) is 75.6 Å². The van der Waals surface area contributed by atoms with Crippen molar-refractivity contribution >= 4 is 11.9 Å². The van der Waals surface area contributed by atoms with Crippen LogP contribution in [0.5, 0.6) is 0 Å². The summed E-state index contributed by atoms with van der Waals surface area (Å²) in [4.78, 5) is 22.7. The lowest BCUT2D eigenvalue weighted by Crippen LogP contribution is -2.52. The Morgan fingerprint density at radius 1 is 1.50 bits per heavy atom. The fraction of sp³-hybridized carbons (Fsp3) is 0.833. The molecule has 0 aliphatic heterocycles. The summed E-state index contributed by atoms with van der Waals surface area (Å²) >= 11 is 0. The number of hydrogen-bond donors (Lipinski definition) is 2. The molecule has 0 saturated heterocycles. The van der Waals surface area contributed by atoms with Gasteiger partial charge in [-0.15, -0.1) is 0 Å². The first-order valence-corrected chi connectivity index (χ1v) is 6.23. The molecule has 1 unspecified atom stereocenters. The number of amides is 1. The van der Waals surface area contributed by atoms with Crippen LogP contribution < -0.4 is 5.32 Å². The number of carboxylic acids is 1. The molecule has 2 N–H and O–H groups in total. The molecule has 1 amide bonds. The SMILES string of the molecule is CCOCCC1(C(=O)NC(CF)C(=O)O)CCC1. The molecule has 0 aromatic heterocycles. The molecule has 6 heteroatoms. The van der Waals surface area contributed by atoms with Crippen LogP contribution in [-0.4, -0.2) is 42.9 Å². The van der Waals surface area contributed by atoms with Gasteiger partial charge in [-0.05, 0) is 26.2 Å². The highest BCUT2D eigenvalue weighted by atomic mass is 19.1. The summed E-state index contributed by atoms with van der Waals surface area (Å²) in [5.41, 5.74) is -0.557. The molecule has 5 nitrogen and oxygen atoms in total. The van der Waals surface area contributed by atoms with Crippen molar-refractivity contribution in [3.63, 3.8) is 0 Å². The summed E-state index contributed by atoms with van der Waals surface area (Å²) in [6.07, 6.45) is 2.92. The van der Waals surface area contributed by atoms with E-state index in [0.29, 0.717) is 32.5 Å². The summed E-state index contributed by atoms with van der Waals surface area (Å²) in [5.74, 6) is -1.70. The number of carboxylic acid groups (broad SMARTS) is 1. The zero-order valence-corrected chi connectivity index (χ0v) is 10.6. The van der Waals surface area contributed by atoms with E-state index in [1.165, 1.54) is 0 Å². The number of carbonyl (C=O) groups excluding carboxylic acids is 1. The average molecular weight is 261 g/mol. The molecule has 0 aromatic carbocycles. The Kier molecular flexibility index (Phi) is 5.53. The van der Waals surface area contributed by atoms with Crippen LogP contribution in [0.1, 0.15) is 32.6 Å². The van der Waals surface area contributed by atoms with E-state index in [1.807, 2.05) is 6.92 Å². The van der Waals surface area contributed by atoms with Gasteiger partial charge < -0.3 is 15.2 Å². The van der Waals surface area contributed by atoms with Gasteiger partial charge in [-0.1, -0.05) is 6.42 Å². The highest BCUT2D eigenvalue weighted by Gasteiger charge is 2.44. The van der Waals surface area contributed by atoms with Crippen LogP contribution in [-0.2, 0) is 14.3 Å². The molecule has 0 heterocycles. The lowest BCUT2D eigenvalue weighted by molar-refractivity contribution is -0.147. The first kappa shape index (κ1) is 14.9. The van der Waals surface area contributed by atoms with Crippen molar-refractivity contribution in [2.24, 2.45) is 5.41 Å². The van der Waals surface area contributed by atoms with Crippen LogP contribution in [0, 0.1) is 5.41 Å². The van der Waals surface area contributed by atoms with Crippen molar-refractivity contribution in [2.45, 2.75) is 38.6 Å². The first-order valence-electron chi connectivity index (χ1n) is 6.23. The van der Waals surface area contributed by atoms with Gasteiger partial charge >= 0.3 is 5.97 Å². The Morgan fingerprint density at radius 2 is 2.17 bits per heavy atom. The number of ether oxygens (including phenoxy) is 1. The minimum atomic E-state index is -1.44. The van der Waals surface area contributed by atoms with E-state index < -0.39 is 24.1 Å². The van der Waals surface area contributed by atoms with E-state index in [9.17, 15) is 14.0 Å². The maximum Gasteiger partial charge on any atom is 0.328 e. The molecule has 1 atom stereocenters. The van der Waals surface area contributed by atoms with Gasteiger partial charge in [0.1, 0.15) is 6.67 Å². The molecule has 1 fully saturated rings. The van der Waals surface area contributed by atoms with Crippen LogP contribution in [0.15, 0.2) is 0 Å². The lowest BCUT2D eigenvalue weighted by Gasteiger charge is -2.40. The fourth-order valence-electron chi connectivity index (χ4n) is 2.08. The first-order chi connectivity index (χ1) is 8.55. The molecule has 0 radical (unpaired) electrons. The van der Waals surface area contributed by atoms with Crippen molar-refractivity contribution in [3.05, 3.63) is 0 Å². The Balaban J connectivity index is 2.53. The van der Waals surface area contributed by atoms with Gasteiger partial charge in [0.25, 0.3) is 0 Å². The van der Waals surface area contributed by atoms with E-state index in [1.54, 1.807) is 0 Å². The number of nitrogens with one attached hydrogen (secondary N) is 1. The average Bonchev–Trinajstić information content (AvgIpc) is 2.28. The van der Waals surface area contributed by atoms with Crippen LogP contribution in [0.25, 0.3) is 0 Å². The largest absolute Gasteiger partial charge is 0.480 e. The Hall–Kier alpha value is -1.17. The van der Waals surface area contributed by atoms with E-state index in [4.69, 9.17) is 9.84 Å². The predicted molar refractivity (Wildman–Crippen MR) is 62.9 cm³/mol. The summed E-state index contributed by atoms with van der Waals surface area (Å²) < 4.78 is 17.7. The maximum absolute atomic E-state index is 12.5. The lowest BCUT2D eigenvalue weighted by atomic mass is 9.66. The van der Waals surface area contributed by atoms with Gasteiger partial charge in [0.2, 0.25) is 5.91 Å². The molecule has 1 rings (SSSR count). The normalized spacial score (nSPS) is 18.8. The van der Waals surface area contributed by atoms with Gasteiger partial charge in [0.05, 0.1) is 5.41 Å². The molecule has 0 bridgehead atoms. The van der Waals surface area contributed by atoms with E-state index in [-0.39, 0.29) is 5.91 Å². The zero-order chi connectivity index (χ0) is 13.6. The minimum Gasteiger partial charge on any atom is -0.480 e. The van der Waals surface area contributed by atoms with Crippen molar-refractivity contribution in [1.29, 1.82) is 0 Å². The molecule has 104 valence electrons. The Labute approximate surface area is 106 Å². The summed E-state index contributed by atoms with van der Waals surface area (Å²) in [6.45, 7) is 1.83. The second-order valence-corrected chi connectivity index (χ2v) is 4.60. The number of alkyl halides is 1. The van der Waals surface area contributed by atoms with Crippen LogP contribution in [0.4, 0.5) is 4.39 Å². The number of aliphatic carboxylic acids is 1. The Bertz CT molecular complexity index is 304. The predicted octanol–water partition coefficient (Wildman–Crippen LogP) is 1.12. The highest BCUT2D eigenvalue weighted by molar-refractivity contribution is 5.88. The number of rotatable bonds is 8. The summed E-state index contributed by atoms with van der Waals surface area (Å²) in [6, 6.07) is -1.44. The van der Waals surface area contributed by atoms with Gasteiger partial charge in [-0.3, -0.25) is 4.79 Å². The third-order valence-electron chi connectivity index (χ3n) is 3.48. The van der Waals surface area contributed by atoms with Crippen molar-refractivity contribution in [1.82, 2.24) is 5.32 Å². The van der Waals surface area contributed by atoms with E-state index in [2.05, 4.69) is 5.32 Å². The van der Waals surface area contributed by atoms with E-state index in [0.717, 1.165) is 6.42 Å². The van der Waals surface area contributed by atoms with Crippen molar-refractivity contribution in [2.75, 3.05) is 19.9 Å². The molecule has 0 aromatic rings. The quantitative estimate of drug-likeness (QED) is 0.642. The molecular formula is C12H20FNO4. The number of carbonyl (C=O) groups is 2. The van der Waals surface area contributed by atoms with E-state index >= 15 is 0 Å². The molecule has 1 aliphatic rings. The maximum atomic E-state index is 12.5. The summed E-state index contributed by atoms with van der Waals surface area (Å²) in [7, 11) is 0. The standard InChI is InChI=1S/C12H20FNO4/c1-2-18-7-6-12(4-3-5-12)11(17)14-9(8-13)10(15)16/h9H,2-8H2,1H3,(H,14,17)(H,15,16). The van der Waals surface area contributed by atoms with Gasteiger partial charge in [-0.2, -0.15) is 0 Å². The second-order valence-electron chi connectivity index (χ2n) is 4.60. The number of halogens is 1. The molecular weight excluding hydrogens is 241 g/mol. The van der Waals surface area contributed by atoms with Crippen molar-refractivity contribution < 1.29 is 23.8 Å². The van der Waals surface area contributed by atoms with Gasteiger partial charge in [-0.25, -0.2) is 9.18 Å². The monoisotopic (exact) mass is 261 g/mol. The minimum absolute atomic E-state index is 0.362.